The van der Waals surface area contributed by atoms with E-state index in [-0.39, 0.29) is 32.8 Å². The predicted molar refractivity (Wildman–Crippen MR) is 131 cm³/mol. The summed E-state index contributed by atoms with van der Waals surface area (Å²) in [4.78, 5) is 24.6. The molecule has 2 rings (SSSR count). The minimum atomic E-state index is -1.01. The number of carbonyl (C=O) groups excluding carboxylic acids is 2. The zero-order valence-corrected chi connectivity index (χ0v) is 19.8. The first-order valence-corrected chi connectivity index (χ1v) is 11.9. The Bertz CT molecular complexity index is 851. The third kappa shape index (κ3) is 11.7. The van der Waals surface area contributed by atoms with Crippen molar-refractivity contribution < 1.29 is 34.4 Å². The average Bonchev–Trinajstić information content (AvgIpc) is 2.85. The van der Waals surface area contributed by atoms with Crippen molar-refractivity contribution in [1.82, 2.24) is 10.6 Å². The second-order valence-electron chi connectivity index (χ2n) is 8.20. The van der Waals surface area contributed by atoms with E-state index in [9.17, 15) is 14.7 Å². The fourth-order valence-electron chi connectivity index (χ4n) is 3.56. The van der Waals surface area contributed by atoms with Gasteiger partial charge < -0.3 is 35.4 Å². The van der Waals surface area contributed by atoms with E-state index in [1.165, 1.54) is 0 Å². The Labute approximate surface area is 206 Å². The van der Waals surface area contributed by atoms with Gasteiger partial charge >= 0.3 is 12.2 Å². The lowest BCUT2D eigenvalue weighted by molar-refractivity contribution is 0.0860. The van der Waals surface area contributed by atoms with Gasteiger partial charge in [0.05, 0.1) is 25.4 Å². The summed E-state index contributed by atoms with van der Waals surface area (Å²) in [6.45, 7) is -0.0273. The van der Waals surface area contributed by atoms with Crippen LogP contribution in [-0.4, -0.2) is 72.1 Å². The first-order chi connectivity index (χ1) is 17.0. The molecule has 0 bridgehead atoms. The van der Waals surface area contributed by atoms with Gasteiger partial charge in [-0.2, -0.15) is 0 Å². The number of hydrogen-bond acceptors (Lipinski definition) is 7. The van der Waals surface area contributed by atoms with Crippen LogP contribution < -0.4 is 10.6 Å². The predicted octanol–water partition coefficient (Wildman–Crippen LogP) is 2.18. The Kier molecular flexibility index (Phi) is 13.2. The lowest BCUT2D eigenvalue weighted by Crippen LogP contribution is -2.49. The second-order valence-corrected chi connectivity index (χ2v) is 8.20. The fourth-order valence-corrected chi connectivity index (χ4v) is 3.56. The Balaban J connectivity index is 2.10. The first-order valence-electron chi connectivity index (χ1n) is 11.9. The van der Waals surface area contributed by atoms with Gasteiger partial charge in [0, 0.05) is 32.1 Å². The van der Waals surface area contributed by atoms with Gasteiger partial charge in [0.25, 0.3) is 0 Å². The quantitative estimate of drug-likeness (QED) is 0.242. The van der Waals surface area contributed by atoms with Crippen LogP contribution in [0, 0.1) is 0 Å². The van der Waals surface area contributed by atoms with Gasteiger partial charge in [-0.1, -0.05) is 60.7 Å². The molecule has 0 saturated carbocycles. The number of ether oxygens (including phenoxy) is 2. The number of hydrogen-bond donors (Lipinski definition) is 5. The smallest absolute Gasteiger partial charge is 0.407 e. The zero-order valence-electron chi connectivity index (χ0n) is 19.8. The van der Waals surface area contributed by atoms with E-state index in [4.69, 9.17) is 19.7 Å². The number of aliphatic hydroxyl groups excluding tert-OH is 3. The minimum absolute atomic E-state index is 0.0638. The summed E-state index contributed by atoms with van der Waals surface area (Å²) in [5.74, 6) is 0. The van der Waals surface area contributed by atoms with Crippen LogP contribution in [0.25, 0.3) is 0 Å². The fraction of sp³-hybridized carbons (Fsp3) is 0.462. The van der Waals surface area contributed by atoms with Crippen LogP contribution in [0.4, 0.5) is 9.59 Å². The number of carbonyl (C=O) groups is 2. The summed E-state index contributed by atoms with van der Waals surface area (Å²) >= 11 is 0. The van der Waals surface area contributed by atoms with Crippen LogP contribution in [0.3, 0.4) is 0 Å². The normalized spacial score (nSPS) is 13.3. The van der Waals surface area contributed by atoms with E-state index in [1.54, 1.807) is 0 Å². The molecular formula is C26H36N2O7. The first kappa shape index (κ1) is 28.1. The van der Waals surface area contributed by atoms with Crippen molar-refractivity contribution in [3.8, 4) is 0 Å². The molecule has 0 spiro atoms. The second kappa shape index (κ2) is 16.5. The highest BCUT2D eigenvalue weighted by atomic mass is 16.6. The molecule has 0 radical (unpaired) electrons. The van der Waals surface area contributed by atoms with Crippen molar-refractivity contribution >= 4 is 12.2 Å². The van der Waals surface area contributed by atoms with Gasteiger partial charge in [0.1, 0.15) is 0 Å². The third-order valence-corrected chi connectivity index (χ3v) is 5.31. The van der Waals surface area contributed by atoms with Gasteiger partial charge in [0.15, 0.2) is 0 Å². The highest BCUT2D eigenvalue weighted by Gasteiger charge is 2.27. The largest absolute Gasteiger partial charge is 0.449 e. The number of amides is 2. The Morgan fingerprint density at radius 2 is 1.23 bits per heavy atom. The zero-order chi connectivity index (χ0) is 25.3. The molecule has 2 aromatic rings. The number of alkyl carbamates (subject to hydrolysis) is 2. The highest BCUT2D eigenvalue weighted by molar-refractivity contribution is 5.68. The molecular weight excluding hydrogens is 452 g/mol. The summed E-state index contributed by atoms with van der Waals surface area (Å²) in [5, 5.41) is 34.4. The molecule has 0 heterocycles. The molecule has 2 amide bonds. The van der Waals surface area contributed by atoms with Crippen molar-refractivity contribution in [1.29, 1.82) is 0 Å². The molecule has 0 aromatic heterocycles. The summed E-state index contributed by atoms with van der Waals surface area (Å²) in [6, 6.07) is 17.8. The molecule has 3 atom stereocenters. The maximum absolute atomic E-state index is 12.3. The van der Waals surface area contributed by atoms with Crippen molar-refractivity contribution in [3.63, 3.8) is 0 Å². The molecule has 192 valence electrons. The Hall–Kier alpha value is -3.14. The van der Waals surface area contributed by atoms with Crippen LogP contribution in [0.2, 0.25) is 0 Å². The molecule has 0 aliphatic carbocycles. The molecule has 9 heteroatoms. The van der Waals surface area contributed by atoms with Gasteiger partial charge in [-0.25, -0.2) is 9.59 Å². The minimum Gasteiger partial charge on any atom is -0.449 e. The third-order valence-electron chi connectivity index (χ3n) is 5.31. The molecule has 5 N–H and O–H groups in total. The van der Waals surface area contributed by atoms with E-state index in [0.717, 1.165) is 11.1 Å². The van der Waals surface area contributed by atoms with E-state index >= 15 is 0 Å². The van der Waals surface area contributed by atoms with E-state index in [2.05, 4.69) is 10.6 Å². The molecule has 3 unspecified atom stereocenters. The number of benzene rings is 2. The average molecular weight is 489 g/mol. The number of rotatable bonds is 15. The van der Waals surface area contributed by atoms with Crippen molar-refractivity contribution in [2.24, 2.45) is 0 Å². The molecule has 0 aliphatic rings. The van der Waals surface area contributed by atoms with Crippen LogP contribution in [0.5, 0.6) is 0 Å². The Morgan fingerprint density at radius 1 is 0.743 bits per heavy atom. The number of nitrogens with one attached hydrogen (secondary N) is 2. The SMILES string of the molecule is O=C(NC(Cc1ccccc1)CC(O)C(Cc1ccccc1)NC(=O)OCCCO)OCCCO. The summed E-state index contributed by atoms with van der Waals surface area (Å²) in [5.41, 5.74) is 1.89. The standard InChI is InChI=1S/C26H36N2O7/c29-13-7-15-34-25(32)27-22(17-20-9-3-1-4-10-20)19-24(31)23(18-21-11-5-2-6-12-21)28-26(33)35-16-8-14-30/h1-6,9-12,22-24,29-31H,7-8,13-19H2,(H,27,32)(H,28,33). The van der Waals surface area contributed by atoms with E-state index in [0.29, 0.717) is 25.7 Å². The topological polar surface area (TPSA) is 137 Å². The van der Waals surface area contributed by atoms with Gasteiger partial charge in [-0.15, -0.1) is 0 Å². The molecule has 0 saturated heterocycles. The van der Waals surface area contributed by atoms with Crippen molar-refractivity contribution in [3.05, 3.63) is 71.8 Å². The number of aliphatic hydroxyl groups is 3. The summed E-state index contributed by atoms with van der Waals surface area (Å²) in [7, 11) is 0. The molecule has 0 fully saturated rings. The van der Waals surface area contributed by atoms with Crippen LogP contribution >= 0.6 is 0 Å². The van der Waals surface area contributed by atoms with E-state index in [1.807, 2.05) is 60.7 Å². The van der Waals surface area contributed by atoms with Crippen molar-refractivity contribution in [2.75, 3.05) is 26.4 Å². The van der Waals surface area contributed by atoms with Crippen LogP contribution in [0.1, 0.15) is 30.4 Å². The highest BCUT2D eigenvalue weighted by Crippen LogP contribution is 2.14. The monoisotopic (exact) mass is 488 g/mol. The lowest BCUT2D eigenvalue weighted by Gasteiger charge is -2.28. The molecule has 9 nitrogen and oxygen atoms in total. The van der Waals surface area contributed by atoms with Gasteiger partial charge in [-0.3, -0.25) is 0 Å². The molecule has 35 heavy (non-hydrogen) atoms. The maximum Gasteiger partial charge on any atom is 0.407 e. The maximum atomic E-state index is 12.3. The van der Waals surface area contributed by atoms with Gasteiger partial charge in [-0.05, 0) is 30.4 Å². The summed E-state index contributed by atoms with van der Waals surface area (Å²) < 4.78 is 10.2. The summed E-state index contributed by atoms with van der Waals surface area (Å²) in [6.07, 6.45) is -0.716. The van der Waals surface area contributed by atoms with Crippen LogP contribution in [-0.2, 0) is 22.3 Å². The lowest BCUT2D eigenvalue weighted by atomic mass is 9.94. The molecule has 2 aromatic carbocycles. The van der Waals surface area contributed by atoms with Gasteiger partial charge in [0.2, 0.25) is 0 Å². The Morgan fingerprint density at radius 3 is 1.74 bits per heavy atom. The molecule has 0 aliphatic heterocycles. The van der Waals surface area contributed by atoms with E-state index < -0.39 is 30.4 Å². The van der Waals surface area contributed by atoms with Crippen molar-refractivity contribution in [2.45, 2.75) is 50.3 Å². The van der Waals surface area contributed by atoms with Crippen LogP contribution in [0.15, 0.2) is 60.7 Å².